The minimum Gasteiger partial charge on any atom is -0.508 e. The molecule has 4 aromatic carbocycles. The van der Waals surface area contributed by atoms with Gasteiger partial charge in [-0.15, -0.1) is 6.58 Å². The summed E-state index contributed by atoms with van der Waals surface area (Å²) in [5, 5.41) is 37.4. The SMILES string of the molecule is C=CCO[C@@]12Oc3ccc(O)cc3[C@H]3[C@H](CCCCO)[C@@H](CCCCO)C=C(C(=NOC)C[C@@H]1N(Cc1cccc4ccccc14)C(=O)OCCOCc1ccccc1)[C@H]32. The highest BCUT2D eigenvalue weighted by atomic mass is 16.7. The van der Waals surface area contributed by atoms with Gasteiger partial charge in [-0.05, 0) is 83.2 Å². The number of aliphatic hydroxyl groups is 2. The molecule has 2 aliphatic carbocycles. The maximum Gasteiger partial charge on any atom is 0.410 e. The molecule has 6 atom stereocenters. The molecule has 0 spiro atoms. The van der Waals surface area contributed by atoms with Crippen molar-refractivity contribution in [3.63, 3.8) is 0 Å². The first-order valence-corrected chi connectivity index (χ1v) is 21.2. The third-order valence-electron chi connectivity index (χ3n) is 12.3. The van der Waals surface area contributed by atoms with Crippen molar-refractivity contribution in [1.82, 2.24) is 4.90 Å². The molecule has 0 unspecified atom stereocenters. The van der Waals surface area contributed by atoms with E-state index in [-0.39, 0.29) is 69.5 Å². The smallest absolute Gasteiger partial charge is 0.410 e. The monoisotopic (exact) mass is 818 g/mol. The highest BCUT2D eigenvalue weighted by Gasteiger charge is 2.65. The van der Waals surface area contributed by atoms with Crippen LogP contribution in [-0.2, 0) is 32.2 Å². The lowest BCUT2D eigenvalue weighted by Gasteiger charge is -2.59. The fourth-order valence-electron chi connectivity index (χ4n) is 9.72. The molecular formula is C49H58N2O9. The lowest BCUT2D eigenvalue weighted by Crippen LogP contribution is -2.70. The van der Waals surface area contributed by atoms with Crippen LogP contribution in [0.15, 0.2) is 120 Å². The standard InChI is InChI=1S/C49H58N2O9/c1-3-26-59-49-45(51(32-37-19-13-18-35-16-7-8-20-39(35)37)48(55)58-28-27-57-33-34-14-5-4-6-15-34)31-43(50-56-2)41-29-36(17-9-11-24-52)40(21-10-12-25-53)46(47(41)49)42-30-38(54)22-23-44(42)60-49/h3-8,13-16,18-20,22-23,29-30,36,40,45-47,52-54H,1,9-12,17,21,24-28,31-33H2,2H3/t36-,40+,45-,46+,47+,49+/m0/s1. The average molecular weight is 819 g/mol. The van der Waals surface area contributed by atoms with E-state index in [2.05, 4.69) is 36.0 Å². The van der Waals surface area contributed by atoms with Crippen LogP contribution in [0.1, 0.15) is 67.6 Å². The van der Waals surface area contributed by atoms with E-state index in [1.807, 2.05) is 54.6 Å². The molecular weight excluding hydrogens is 761 g/mol. The Kier molecular flexibility index (Phi) is 14.6. The fraction of sp³-hybridized carbons (Fsp3) is 0.429. The van der Waals surface area contributed by atoms with E-state index in [1.54, 1.807) is 29.2 Å². The highest BCUT2D eigenvalue weighted by Crippen LogP contribution is 2.62. The number of unbranched alkanes of at least 4 members (excludes halogenated alkanes) is 2. The van der Waals surface area contributed by atoms with Crippen LogP contribution in [0, 0.1) is 17.8 Å². The van der Waals surface area contributed by atoms with Crippen molar-refractivity contribution < 1.29 is 43.9 Å². The second-order valence-corrected chi connectivity index (χ2v) is 15.9. The Morgan fingerprint density at radius 1 is 0.950 bits per heavy atom. The zero-order chi connectivity index (χ0) is 41.9. The van der Waals surface area contributed by atoms with Crippen LogP contribution in [0.25, 0.3) is 10.8 Å². The molecule has 11 nitrogen and oxygen atoms in total. The molecule has 318 valence electrons. The number of rotatable bonds is 20. The van der Waals surface area contributed by atoms with Crippen molar-refractivity contribution in [3.8, 4) is 11.5 Å². The molecule has 11 heteroatoms. The molecule has 1 heterocycles. The average Bonchev–Trinajstić information content (AvgIpc) is 3.27. The molecule has 0 saturated heterocycles. The van der Waals surface area contributed by atoms with Crippen LogP contribution in [0.2, 0.25) is 0 Å². The zero-order valence-corrected chi connectivity index (χ0v) is 34.5. The summed E-state index contributed by atoms with van der Waals surface area (Å²) in [5.74, 6) is -1.45. The van der Waals surface area contributed by atoms with Gasteiger partial charge < -0.3 is 39.1 Å². The van der Waals surface area contributed by atoms with Gasteiger partial charge in [-0.2, -0.15) is 0 Å². The Balaban J connectivity index is 1.36. The van der Waals surface area contributed by atoms with E-state index in [9.17, 15) is 20.1 Å². The van der Waals surface area contributed by atoms with Gasteiger partial charge in [-0.3, -0.25) is 4.90 Å². The topological polar surface area (TPSA) is 140 Å². The Morgan fingerprint density at radius 2 is 1.72 bits per heavy atom. The molecule has 1 fully saturated rings. The Labute approximate surface area is 352 Å². The quantitative estimate of drug-likeness (QED) is 0.0454. The van der Waals surface area contributed by atoms with Crippen molar-refractivity contribution in [2.24, 2.45) is 22.9 Å². The van der Waals surface area contributed by atoms with Crippen LogP contribution in [0.5, 0.6) is 11.5 Å². The van der Waals surface area contributed by atoms with Crippen LogP contribution >= 0.6 is 0 Å². The number of amides is 1. The van der Waals surface area contributed by atoms with Crippen molar-refractivity contribution in [3.05, 3.63) is 132 Å². The summed E-state index contributed by atoms with van der Waals surface area (Å²) in [4.78, 5) is 22.2. The summed E-state index contributed by atoms with van der Waals surface area (Å²) in [5.41, 5.74) is 4.37. The van der Waals surface area contributed by atoms with Crippen molar-refractivity contribution in [1.29, 1.82) is 0 Å². The molecule has 0 bridgehead atoms. The number of aromatic hydroxyl groups is 1. The van der Waals surface area contributed by atoms with Gasteiger partial charge in [-0.1, -0.05) is 103 Å². The van der Waals surface area contributed by atoms with E-state index in [0.29, 0.717) is 30.9 Å². The number of benzene rings is 4. The summed E-state index contributed by atoms with van der Waals surface area (Å²) in [6.07, 6.45) is 8.17. The van der Waals surface area contributed by atoms with E-state index < -0.39 is 23.8 Å². The van der Waals surface area contributed by atoms with Gasteiger partial charge in [0.1, 0.15) is 31.3 Å². The summed E-state index contributed by atoms with van der Waals surface area (Å²) >= 11 is 0. The largest absolute Gasteiger partial charge is 0.508 e. The molecule has 3 aliphatic rings. The van der Waals surface area contributed by atoms with Crippen LogP contribution in [0.3, 0.4) is 0 Å². The summed E-state index contributed by atoms with van der Waals surface area (Å²) in [6.45, 7) is 5.10. The number of phenolic OH excluding ortho intramolecular Hbond substituents is 1. The number of carbonyl (C=O) groups is 1. The van der Waals surface area contributed by atoms with E-state index in [4.69, 9.17) is 23.8 Å². The predicted octanol–water partition coefficient (Wildman–Crippen LogP) is 8.66. The lowest BCUT2D eigenvalue weighted by atomic mass is 9.55. The van der Waals surface area contributed by atoms with Crippen molar-refractivity contribution in [2.45, 2.75) is 75.8 Å². The number of oxime groups is 1. The molecule has 1 aliphatic heterocycles. The molecule has 0 radical (unpaired) electrons. The highest BCUT2D eigenvalue weighted by molar-refractivity contribution is 6.03. The first kappa shape index (κ1) is 42.9. The zero-order valence-electron chi connectivity index (χ0n) is 34.5. The minimum absolute atomic E-state index is 0.0204. The third kappa shape index (κ3) is 9.24. The van der Waals surface area contributed by atoms with Gasteiger partial charge in [0.2, 0.25) is 5.79 Å². The number of hydrogen-bond donors (Lipinski definition) is 3. The van der Waals surface area contributed by atoms with E-state index in [1.165, 1.54) is 7.11 Å². The Morgan fingerprint density at radius 3 is 2.50 bits per heavy atom. The van der Waals surface area contributed by atoms with Gasteiger partial charge in [-0.25, -0.2) is 4.79 Å². The number of carbonyl (C=O) groups excluding carboxylic acids is 1. The second-order valence-electron chi connectivity index (χ2n) is 15.9. The number of ether oxygens (including phenoxy) is 4. The minimum atomic E-state index is -1.47. The molecule has 4 aromatic rings. The van der Waals surface area contributed by atoms with Crippen LogP contribution in [0.4, 0.5) is 4.79 Å². The van der Waals surface area contributed by atoms with Crippen LogP contribution < -0.4 is 4.74 Å². The van der Waals surface area contributed by atoms with Gasteiger partial charge in [0.25, 0.3) is 0 Å². The van der Waals surface area contributed by atoms with E-state index >= 15 is 0 Å². The number of fused-ring (bicyclic) bond motifs is 3. The fourth-order valence-corrected chi connectivity index (χ4v) is 9.72. The maximum absolute atomic E-state index is 14.9. The first-order chi connectivity index (χ1) is 29.4. The van der Waals surface area contributed by atoms with Gasteiger partial charge >= 0.3 is 6.09 Å². The summed E-state index contributed by atoms with van der Waals surface area (Å²) in [6, 6.07) is 28.4. The molecule has 7 rings (SSSR count). The summed E-state index contributed by atoms with van der Waals surface area (Å²) in [7, 11) is 1.53. The predicted molar refractivity (Wildman–Crippen MR) is 231 cm³/mol. The number of hydrogen-bond acceptors (Lipinski definition) is 10. The van der Waals surface area contributed by atoms with Crippen molar-refractivity contribution >= 4 is 22.6 Å². The first-order valence-electron chi connectivity index (χ1n) is 21.2. The van der Waals surface area contributed by atoms with Gasteiger partial charge in [0.05, 0.1) is 38.0 Å². The molecule has 60 heavy (non-hydrogen) atoms. The normalized spacial score (nSPS) is 23.6. The Bertz CT molecular complexity index is 2120. The lowest BCUT2D eigenvalue weighted by molar-refractivity contribution is -0.256. The van der Waals surface area contributed by atoms with Crippen molar-refractivity contribution in [2.75, 3.05) is 40.1 Å². The third-order valence-corrected chi connectivity index (χ3v) is 12.3. The summed E-state index contributed by atoms with van der Waals surface area (Å²) < 4.78 is 26.3. The molecule has 1 amide bonds. The van der Waals surface area contributed by atoms with E-state index in [0.717, 1.165) is 58.7 Å². The number of aliphatic hydroxyl groups excluding tert-OH is 2. The number of phenols is 1. The second kappa shape index (κ2) is 20.4. The van der Waals surface area contributed by atoms with Gasteiger partial charge in [0, 0.05) is 31.1 Å². The van der Waals surface area contributed by atoms with Crippen LogP contribution in [-0.4, -0.2) is 84.0 Å². The Hall–Kier alpha value is -5.20. The number of nitrogens with zero attached hydrogens (tertiary/aromatic N) is 2. The molecule has 3 N–H and O–H groups in total. The van der Waals surface area contributed by atoms with Gasteiger partial charge in [0.15, 0.2) is 0 Å². The number of allylic oxidation sites excluding steroid dienone is 1. The molecule has 0 aromatic heterocycles. The maximum atomic E-state index is 14.9. The molecule has 1 saturated carbocycles.